The van der Waals surface area contributed by atoms with Crippen molar-refractivity contribution in [1.29, 1.82) is 0 Å². The summed E-state index contributed by atoms with van der Waals surface area (Å²) < 4.78 is 23.7. The molecule has 1 aromatic rings. The topological polar surface area (TPSA) is 102 Å². The summed E-state index contributed by atoms with van der Waals surface area (Å²) in [4.78, 5) is 15.7. The Balaban J connectivity index is 3.30. The number of sulfone groups is 1. The third-order valence-electron chi connectivity index (χ3n) is 2.78. The lowest BCUT2D eigenvalue weighted by Gasteiger charge is -2.13. The van der Waals surface area contributed by atoms with E-state index in [1.54, 1.807) is 12.1 Å². The maximum absolute atomic E-state index is 11.9. The van der Waals surface area contributed by atoms with Crippen LogP contribution < -0.4 is 11.1 Å². The van der Waals surface area contributed by atoms with Crippen LogP contribution in [0.5, 0.6) is 0 Å². The van der Waals surface area contributed by atoms with Crippen LogP contribution in [0.15, 0.2) is 28.1 Å². The molecule has 0 heterocycles. The molecule has 0 aromatic heterocycles. The van der Waals surface area contributed by atoms with Crippen LogP contribution in [0.4, 0.5) is 0 Å². The Hall–Kier alpha value is -1.89. The Morgan fingerprint density at radius 1 is 1.35 bits per heavy atom. The predicted octanol–water partition coefficient (Wildman–Crippen LogP) is 0.888. The number of guanidine groups is 1. The highest BCUT2D eigenvalue weighted by Crippen LogP contribution is 2.25. The molecule has 3 N–H and O–H groups in total. The Bertz CT molecular complexity index is 649. The summed E-state index contributed by atoms with van der Waals surface area (Å²) in [6.07, 6.45) is 1.12. The van der Waals surface area contributed by atoms with E-state index in [0.29, 0.717) is 5.56 Å². The molecule has 0 saturated carbocycles. The molecule has 0 atom stereocenters. The van der Waals surface area contributed by atoms with E-state index in [2.05, 4.69) is 10.3 Å². The molecule has 1 rings (SSSR count). The summed E-state index contributed by atoms with van der Waals surface area (Å²) in [5.74, 6) is -0.476. The van der Waals surface area contributed by atoms with Gasteiger partial charge in [-0.25, -0.2) is 8.42 Å². The van der Waals surface area contributed by atoms with Gasteiger partial charge in [0, 0.05) is 18.9 Å². The van der Waals surface area contributed by atoms with Gasteiger partial charge in [-0.05, 0) is 23.6 Å². The molecule has 1 aromatic carbocycles. The molecule has 0 aliphatic heterocycles. The molecule has 6 nitrogen and oxygen atoms in total. The summed E-state index contributed by atoms with van der Waals surface area (Å²) in [5.41, 5.74) is 6.32. The smallest absolute Gasteiger partial charge is 0.257 e. The summed E-state index contributed by atoms with van der Waals surface area (Å²) >= 11 is 0. The second kappa shape index (κ2) is 6.04. The molecule has 7 heteroatoms. The monoisotopic (exact) mass is 297 g/mol. The highest BCUT2D eigenvalue weighted by molar-refractivity contribution is 7.90. The highest BCUT2D eigenvalue weighted by Gasteiger charge is 2.18. The van der Waals surface area contributed by atoms with Crippen molar-refractivity contribution in [2.75, 3.05) is 13.3 Å². The SMILES string of the molecule is CN=C(N)NC(=O)c1ccc(C(C)C)c(S(C)(=O)=O)c1. The van der Waals surface area contributed by atoms with E-state index in [-0.39, 0.29) is 22.3 Å². The van der Waals surface area contributed by atoms with E-state index in [0.717, 1.165) is 6.26 Å². The zero-order valence-electron chi connectivity index (χ0n) is 12.0. The Labute approximate surface area is 119 Å². The first kappa shape index (κ1) is 16.2. The molecule has 0 radical (unpaired) electrons. The fourth-order valence-electron chi connectivity index (χ4n) is 1.72. The van der Waals surface area contributed by atoms with Crippen LogP contribution in [0.2, 0.25) is 0 Å². The van der Waals surface area contributed by atoms with Crippen molar-refractivity contribution in [3.8, 4) is 0 Å². The van der Waals surface area contributed by atoms with Crippen LogP contribution in [0.3, 0.4) is 0 Å². The van der Waals surface area contributed by atoms with E-state index in [1.807, 2.05) is 13.8 Å². The van der Waals surface area contributed by atoms with E-state index >= 15 is 0 Å². The van der Waals surface area contributed by atoms with Crippen molar-refractivity contribution >= 4 is 21.7 Å². The number of hydrogen-bond donors (Lipinski definition) is 2. The van der Waals surface area contributed by atoms with Crippen LogP contribution in [-0.2, 0) is 9.84 Å². The largest absolute Gasteiger partial charge is 0.370 e. The first-order valence-electron chi connectivity index (χ1n) is 6.04. The van der Waals surface area contributed by atoms with Gasteiger partial charge >= 0.3 is 0 Å². The van der Waals surface area contributed by atoms with E-state index in [9.17, 15) is 13.2 Å². The normalized spacial score (nSPS) is 12.6. The molecule has 1 amide bonds. The lowest BCUT2D eigenvalue weighted by Crippen LogP contribution is -2.36. The Kier molecular flexibility index (Phi) is 4.88. The molecule has 0 saturated heterocycles. The molecule has 0 fully saturated rings. The number of nitrogens with two attached hydrogens (primary N) is 1. The van der Waals surface area contributed by atoms with Crippen molar-refractivity contribution in [3.05, 3.63) is 29.3 Å². The number of aliphatic imine (C=N–C) groups is 1. The van der Waals surface area contributed by atoms with Crippen LogP contribution >= 0.6 is 0 Å². The average Bonchev–Trinajstić information content (AvgIpc) is 2.36. The van der Waals surface area contributed by atoms with Gasteiger partial charge < -0.3 is 5.73 Å². The number of carbonyl (C=O) groups excluding carboxylic acids is 1. The maximum Gasteiger partial charge on any atom is 0.257 e. The number of amides is 1. The molecule has 0 spiro atoms. The predicted molar refractivity (Wildman–Crippen MR) is 78.7 cm³/mol. The standard InChI is InChI=1S/C13H19N3O3S/c1-8(2)10-6-5-9(7-11(10)20(4,18)19)12(17)16-13(14)15-3/h5-8H,1-4H3,(H3,14,15,16,17). The van der Waals surface area contributed by atoms with Gasteiger partial charge in [-0.15, -0.1) is 0 Å². The number of rotatable bonds is 3. The van der Waals surface area contributed by atoms with Crippen LogP contribution in [-0.4, -0.2) is 33.6 Å². The number of hydrogen-bond acceptors (Lipinski definition) is 4. The first-order chi connectivity index (χ1) is 9.16. The Morgan fingerprint density at radius 3 is 2.40 bits per heavy atom. The van der Waals surface area contributed by atoms with Crippen LogP contribution in [0, 0.1) is 0 Å². The molecular weight excluding hydrogens is 278 g/mol. The minimum atomic E-state index is -3.41. The summed E-state index contributed by atoms with van der Waals surface area (Å²) in [6, 6.07) is 4.58. The van der Waals surface area contributed by atoms with Gasteiger partial charge in [0.25, 0.3) is 5.91 Å². The zero-order chi connectivity index (χ0) is 15.5. The average molecular weight is 297 g/mol. The van der Waals surface area contributed by atoms with E-state index in [1.165, 1.54) is 13.1 Å². The van der Waals surface area contributed by atoms with Crippen molar-refractivity contribution in [2.24, 2.45) is 10.7 Å². The number of nitrogens with zero attached hydrogens (tertiary/aromatic N) is 1. The molecule has 0 bridgehead atoms. The van der Waals surface area contributed by atoms with Crippen molar-refractivity contribution in [1.82, 2.24) is 5.32 Å². The molecule has 0 aliphatic rings. The quantitative estimate of drug-likeness (QED) is 0.639. The molecule has 20 heavy (non-hydrogen) atoms. The van der Waals surface area contributed by atoms with Crippen LogP contribution in [0.25, 0.3) is 0 Å². The van der Waals surface area contributed by atoms with Crippen LogP contribution in [0.1, 0.15) is 35.7 Å². The third kappa shape index (κ3) is 3.80. The second-order valence-corrected chi connectivity index (χ2v) is 6.73. The van der Waals surface area contributed by atoms with Gasteiger partial charge in [-0.3, -0.25) is 15.1 Å². The molecular formula is C13H19N3O3S. The number of nitrogens with one attached hydrogen (secondary N) is 1. The number of carbonyl (C=O) groups is 1. The maximum atomic E-state index is 11.9. The lowest BCUT2D eigenvalue weighted by molar-refractivity contribution is 0.0976. The molecule has 110 valence electrons. The Morgan fingerprint density at radius 2 is 1.95 bits per heavy atom. The fourth-order valence-corrected chi connectivity index (χ4v) is 2.79. The van der Waals surface area contributed by atoms with E-state index < -0.39 is 15.7 Å². The van der Waals surface area contributed by atoms with Gasteiger partial charge in [0.2, 0.25) is 0 Å². The van der Waals surface area contributed by atoms with Gasteiger partial charge in [0.05, 0.1) is 4.90 Å². The number of benzene rings is 1. The van der Waals surface area contributed by atoms with Gasteiger partial charge in [0.1, 0.15) is 0 Å². The van der Waals surface area contributed by atoms with Gasteiger partial charge in [-0.2, -0.15) is 0 Å². The zero-order valence-corrected chi connectivity index (χ0v) is 12.8. The summed E-state index contributed by atoms with van der Waals surface area (Å²) in [7, 11) is -1.97. The summed E-state index contributed by atoms with van der Waals surface area (Å²) in [5, 5.41) is 2.37. The minimum absolute atomic E-state index is 0.0242. The van der Waals surface area contributed by atoms with Gasteiger partial charge in [0.15, 0.2) is 15.8 Å². The first-order valence-corrected chi connectivity index (χ1v) is 7.93. The third-order valence-corrected chi connectivity index (χ3v) is 3.93. The fraction of sp³-hybridized carbons (Fsp3) is 0.385. The second-order valence-electron chi connectivity index (χ2n) is 4.74. The van der Waals surface area contributed by atoms with E-state index in [4.69, 9.17) is 5.73 Å². The van der Waals surface area contributed by atoms with Gasteiger partial charge in [-0.1, -0.05) is 19.9 Å². The summed E-state index contributed by atoms with van der Waals surface area (Å²) in [6.45, 7) is 3.79. The minimum Gasteiger partial charge on any atom is -0.370 e. The van der Waals surface area contributed by atoms with Crippen molar-refractivity contribution < 1.29 is 13.2 Å². The molecule has 0 unspecified atom stereocenters. The van der Waals surface area contributed by atoms with Crippen molar-refractivity contribution in [3.63, 3.8) is 0 Å². The lowest BCUT2D eigenvalue weighted by atomic mass is 10.0. The highest BCUT2D eigenvalue weighted by atomic mass is 32.2. The van der Waals surface area contributed by atoms with Crippen molar-refractivity contribution in [2.45, 2.75) is 24.7 Å². The molecule has 0 aliphatic carbocycles.